The van der Waals surface area contributed by atoms with Crippen molar-refractivity contribution in [1.82, 2.24) is 0 Å². The molecule has 0 amide bonds. The van der Waals surface area contributed by atoms with Crippen molar-refractivity contribution in [2.75, 3.05) is 19.8 Å². The molecule has 0 saturated heterocycles. The lowest BCUT2D eigenvalue weighted by atomic mass is 10.0. The molecule has 4 nitrogen and oxygen atoms in total. The molecule has 1 atom stereocenters. The highest BCUT2D eigenvalue weighted by Crippen LogP contribution is 2.07. The Hall–Kier alpha value is -0.610. The van der Waals surface area contributed by atoms with Gasteiger partial charge in [0.05, 0.1) is 5.92 Å². The Balaban J connectivity index is 3.51. The van der Waals surface area contributed by atoms with Crippen molar-refractivity contribution in [1.29, 1.82) is 0 Å². The summed E-state index contributed by atoms with van der Waals surface area (Å²) in [5.41, 5.74) is 5.29. The number of ether oxygens (including phenoxy) is 1. The molecule has 0 rings (SSSR count). The second-order valence-corrected chi connectivity index (χ2v) is 3.01. The summed E-state index contributed by atoms with van der Waals surface area (Å²) >= 11 is 0. The SMILES string of the molecule is CCCOCCC(CCN)C(=O)O. The van der Waals surface area contributed by atoms with Gasteiger partial charge in [0, 0.05) is 13.2 Å². The topological polar surface area (TPSA) is 72.5 Å². The summed E-state index contributed by atoms with van der Waals surface area (Å²) in [5, 5.41) is 8.75. The first-order valence-corrected chi connectivity index (χ1v) is 4.73. The number of nitrogens with two attached hydrogens (primary N) is 1. The fourth-order valence-electron chi connectivity index (χ4n) is 1.06. The van der Waals surface area contributed by atoms with Crippen molar-refractivity contribution in [2.45, 2.75) is 26.2 Å². The molecule has 0 heterocycles. The third-order valence-corrected chi connectivity index (χ3v) is 1.82. The van der Waals surface area contributed by atoms with Gasteiger partial charge in [0.25, 0.3) is 0 Å². The molecule has 4 heteroatoms. The molecule has 0 aromatic heterocycles. The molecular weight excluding hydrogens is 170 g/mol. The minimum atomic E-state index is -0.773. The van der Waals surface area contributed by atoms with Crippen LogP contribution in [0.25, 0.3) is 0 Å². The van der Waals surface area contributed by atoms with Crippen LogP contribution >= 0.6 is 0 Å². The van der Waals surface area contributed by atoms with E-state index in [4.69, 9.17) is 15.6 Å². The van der Waals surface area contributed by atoms with Crippen LogP contribution in [0.4, 0.5) is 0 Å². The number of carboxylic acid groups (broad SMARTS) is 1. The zero-order valence-corrected chi connectivity index (χ0v) is 8.16. The number of carboxylic acids is 1. The minimum Gasteiger partial charge on any atom is -0.481 e. The van der Waals surface area contributed by atoms with E-state index in [1.54, 1.807) is 0 Å². The Morgan fingerprint density at radius 3 is 2.62 bits per heavy atom. The van der Waals surface area contributed by atoms with Gasteiger partial charge in [-0.1, -0.05) is 6.92 Å². The van der Waals surface area contributed by atoms with Crippen molar-refractivity contribution >= 4 is 5.97 Å². The maximum Gasteiger partial charge on any atom is 0.306 e. The Kier molecular flexibility index (Phi) is 7.63. The van der Waals surface area contributed by atoms with Gasteiger partial charge in [-0.25, -0.2) is 0 Å². The highest BCUT2D eigenvalue weighted by molar-refractivity contribution is 5.69. The van der Waals surface area contributed by atoms with E-state index in [1.807, 2.05) is 6.92 Å². The zero-order chi connectivity index (χ0) is 10.1. The average Bonchev–Trinajstić information content (AvgIpc) is 2.10. The third-order valence-electron chi connectivity index (χ3n) is 1.82. The maximum atomic E-state index is 10.6. The first-order chi connectivity index (χ1) is 6.22. The van der Waals surface area contributed by atoms with Crippen LogP contribution in [0.5, 0.6) is 0 Å². The van der Waals surface area contributed by atoms with Crippen molar-refractivity contribution in [3.05, 3.63) is 0 Å². The molecule has 0 radical (unpaired) electrons. The predicted molar refractivity (Wildman–Crippen MR) is 50.5 cm³/mol. The summed E-state index contributed by atoms with van der Waals surface area (Å²) in [4.78, 5) is 10.6. The highest BCUT2D eigenvalue weighted by Gasteiger charge is 2.15. The molecule has 0 aliphatic carbocycles. The number of aliphatic carboxylic acids is 1. The molecule has 0 aromatic carbocycles. The molecule has 0 aromatic rings. The van der Waals surface area contributed by atoms with Crippen LogP contribution in [0.1, 0.15) is 26.2 Å². The van der Waals surface area contributed by atoms with Gasteiger partial charge in [-0.2, -0.15) is 0 Å². The molecule has 1 unspecified atom stereocenters. The molecule has 78 valence electrons. The molecular formula is C9H19NO3. The number of hydrogen-bond acceptors (Lipinski definition) is 3. The van der Waals surface area contributed by atoms with Gasteiger partial charge in [0.2, 0.25) is 0 Å². The van der Waals surface area contributed by atoms with E-state index in [9.17, 15) is 4.79 Å². The van der Waals surface area contributed by atoms with Crippen molar-refractivity contribution in [3.63, 3.8) is 0 Å². The number of carbonyl (C=O) groups is 1. The van der Waals surface area contributed by atoms with Crippen LogP contribution in [0, 0.1) is 5.92 Å². The quantitative estimate of drug-likeness (QED) is 0.555. The largest absolute Gasteiger partial charge is 0.481 e. The summed E-state index contributed by atoms with van der Waals surface area (Å²) in [6, 6.07) is 0. The van der Waals surface area contributed by atoms with Crippen LogP contribution in [-0.2, 0) is 9.53 Å². The normalized spacial score (nSPS) is 12.8. The summed E-state index contributed by atoms with van der Waals surface area (Å²) in [6.45, 7) is 3.67. The Morgan fingerprint density at radius 2 is 2.15 bits per heavy atom. The van der Waals surface area contributed by atoms with E-state index in [-0.39, 0.29) is 5.92 Å². The molecule has 0 fully saturated rings. The van der Waals surface area contributed by atoms with Crippen molar-refractivity contribution in [3.8, 4) is 0 Å². The molecule has 0 saturated carbocycles. The Morgan fingerprint density at radius 1 is 1.46 bits per heavy atom. The Labute approximate surface area is 79.1 Å². The summed E-state index contributed by atoms with van der Waals surface area (Å²) in [5.74, 6) is -1.12. The van der Waals surface area contributed by atoms with Gasteiger partial charge >= 0.3 is 5.97 Å². The van der Waals surface area contributed by atoms with E-state index >= 15 is 0 Å². The standard InChI is InChI=1S/C9H19NO3/c1-2-6-13-7-4-8(3-5-10)9(11)12/h8H,2-7,10H2,1H3,(H,11,12). The van der Waals surface area contributed by atoms with Crippen LogP contribution < -0.4 is 5.73 Å². The smallest absolute Gasteiger partial charge is 0.306 e. The minimum absolute atomic E-state index is 0.346. The van der Waals surface area contributed by atoms with Gasteiger partial charge in [-0.3, -0.25) is 4.79 Å². The lowest BCUT2D eigenvalue weighted by Crippen LogP contribution is -2.19. The van der Waals surface area contributed by atoms with Gasteiger partial charge in [0.15, 0.2) is 0 Å². The number of hydrogen-bond donors (Lipinski definition) is 2. The Bertz CT molecular complexity index is 139. The second kappa shape index (κ2) is 8.01. The highest BCUT2D eigenvalue weighted by atomic mass is 16.5. The summed E-state index contributed by atoms with van der Waals surface area (Å²) in [6.07, 6.45) is 2.06. The van der Waals surface area contributed by atoms with Crippen LogP contribution in [-0.4, -0.2) is 30.8 Å². The van der Waals surface area contributed by atoms with Gasteiger partial charge < -0.3 is 15.6 Å². The first-order valence-electron chi connectivity index (χ1n) is 4.73. The van der Waals surface area contributed by atoms with E-state index < -0.39 is 5.97 Å². The molecule has 0 aliphatic rings. The second-order valence-electron chi connectivity index (χ2n) is 3.01. The van der Waals surface area contributed by atoms with E-state index in [1.165, 1.54) is 0 Å². The average molecular weight is 189 g/mol. The molecule has 13 heavy (non-hydrogen) atoms. The van der Waals surface area contributed by atoms with E-state index in [2.05, 4.69) is 0 Å². The van der Waals surface area contributed by atoms with Gasteiger partial charge in [-0.05, 0) is 25.8 Å². The fraction of sp³-hybridized carbons (Fsp3) is 0.889. The molecule has 0 bridgehead atoms. The zero-order valence-electron chi connectivity index (χ0n) is 8.16. The molecule has 0 aliphatic heterocycles. The predicted octanol–water partition coefficient (Wildman–Crippen LogP) is 0.853. The van der Waals surface area contributed by atoms with Crippen LogP contribution in [0.3, 0.4) is 0 Å². The number of rotatable bonds is 8. The monoisotopic (exact) mass is 189 g/mol. The van der Waals surface area contributed by atoms with Crippen LogP contribution in [0.2, 0.25) is 0 Å². The molecule has 3 N–H and O–H groups in total. The van der Waals surface area contributed by atoms with E-state index in [0.717, 1.165) is 6.42 Å². The first kappa shape index (κ1) is 12.4. The van der Waals surface area contributed by atoms with Gasteiger partial charge in [-0.15, -0.1) is 0 Å². The summed E-state index contributed by atoms with van der Waals surface area (Å²) < 4.78 is 5.21. The van der Waals surface area contributed by atoms with Crippen LogP contribution in [0.15, 0.2) is 0 Å². The van der Waals surface area contributed by atoms with Crippen molar-refractivity contribution < 1.29 is 14.6 Å². The van der Waals surface area contributed by atoms with Gasteiger partial charge in [0.1, 0.15) is 0 Å². The van der Waals surface area contributed by atoms with E-state index in [0.29, 0.717) is 32.6 Å². The lowest BCUT2D eigenvalue weighted by molar-refractivity contribution is -0.142. The lowest BCUT2D eigenvalue weighted by Gasteiger charge is -2.10. The molecule has 0 spiro atoms. The fourth-order valence-corrected chi connectivity index (χ4v) is 1.06. The maximum absolute atomic E-state index is 10.6. The third kappa shape index (κ3) is 6.54. The summed E-state index contributed by atoms with van der Waals surface area (Å²) in [7, 11) is 0. The van der Waals surface area contributed by atoms with Crippen molar-refractivity contribution in [2.24, 2.45) is 11.7 Å².